The number of hydrogen-bond donors (Lipinski definition) is 0. The number of esters is 1. The molecule has 1 heterocycles. The second-order valence-corrected chi connectivity index (χ2v) is 6.07. The van der Waals surface area contributed by atoms with Crippen LogP contribution in [0.2, 0.25) is 0 Å². The molecule has 0 radical (unpaired) electrons. The Bertz CT molecular complexity index is 513. The van der Waals surface area contributed by atoms with Crippen molar-refractivity contribution < 1.29 is 14.3 Å². The van der Waals surface area contributed by atoms with Crippen LogP contribution < -0.4 is 4.90 Å². The Kier molecular flexibility index (Phi) is 3.45. The highest BCUT2D eigenvalue weighted by Gasteiger charge is 2.46. The number of fused-ring (bicyclic) bond motifs is 1. The summed E-state index contributed by atoms with van der Waals surface area (Å²) in [5, 5.41) is 0. The summed E-state index contributed by atoms with van der Waals surface area (Å²) in [4.78, 5) is 24.6. The SMILES string of the molecule is CC(=O)N1c2ccccc2C(=O)O[C@@H]1C(Cl)(Cl)Cl. The molecule has 0 saturated heterocycles. The van der Waals surface area contributed by atoms with Gasteiger partial charge in [0.1, 0.15) is 0 Å². The van der Waals surface area contributed by atoms with Crippen LogP contribution in [0, 0.1) is 0 Å². The maximum atomic E-state index is 11.8. The molecule has 0 saturated carbocycles. The number of amides is 1. The molecule has 1 atom stereocenters. The van der Waals surface area contributed by atoms with Gasteiger partial charge in [-0.25, -0.2) is 4.79 Å². The summed E-state index contributed by atoms with van der Waals surface area (Å²) in [5.41, 5.74) is 0.635. The summed E-state index contributed by atoms with van der Waals surface area (Å²) in [6.45, 7) is 1.30. The van der Waals surface area contributed by atoms with E-state index in [1.165, 1.54) is 6.92 Å². The summed E-state index contributed by atoms with van der Waals surface area (Å²) < 4.78 is 3.10. The van der Waals surface area contributed by atoms with Crippen LogP contribution in [0.4, 0.5) is 5.69 Å². The topological polar surface area (TPSA) is 46.6 Å². The normalized spacial score (nSPS) is 19.2. The van der Waals surface area contributed by atoms with Crippen LogP contribution in [0.1, 0.15) is 17.3 Å². The minimum atomic E-state index is -1.92. The minimum absolute atomic E-state index is 0.262. The van der Waals surface area contributed by atoms with Gasteiger partial charge >= 0.3 is 5.97 Å². The van der Waals surface area contributed by atoms with Crippen LogP contribution in [0.5, 0.6) is 0 Å². The predicted molar refractivity (Wildman–Crippen MR) is 69.1 cm³/mol. The molecular formula is C11H8Cl3NO3. The summed E-state index contributed by atoms with van der Waals surface area (Å²) in [5.74, 6) is -1.01. The quantitative estimate of drug-likeness (QED) is 0.547. The number of hydrogen-bond acceptors (Lipinski definition) is 3. The van der Waals surface area contributed by atoms with Crippen molar-refractivity contribution in [2.24, 2.45) is 0 Å². The van der Waals surface area contributed by atoms with Crippen LogP contribution in [0.15, 0.2) is 24.3 Å². The van der Waals surface area contributed by atoms with Gasteiger partial charge < -0.3 is 4.74 Å². The van der Waals surface area contributed by atoms with Crippen LogP contribution in [0.3, 0.4) is 0 Å². The van der Waals surface area contributed by atoms with E-state index >= 15 is 0 Å². The van der Waals surface area contributed by atoms with Crippen LogP contribution in [0.25, 0.3) is 0 Å². The lowest BCUT2D eigenvalue weighted by atomic mass is 10.1. The van der Waals surface area contributed by atoms with Crippen molar-refractivity contribution >= 4 is 52.4 Å². The molecule has 96 valence electrons. The Morgan fingerprint density at radius 2 is 1.94 bits per heavy atom. The van der Waals surface area contributed by atoms with E-state index in [1.807, 2.05) is 0 Å². The maximum absolute atomic E-state index is 11.8. The zero-order valence-electron chi connectivity index (χ0n) is 9.19. The Morgan fingerprint density at radius 3 is 2.50 bits per heavy atom. The van der Waals surface area contributed by atoms with Crippen LogP contribution >= 0.6 is 34.8 Å². The third-order valence-electron chi connectivity index (χ3n) is 2.46. The molecule has 1 aliphatic rings. The maximum Gasteiger partial charge on any atom is 0.342 e. The summed E-state index contributed by atoms with van der Waals surface area (Å²) in [6.07, 6.45) is -1.28. The smallest absolute Gasteiger partial charge is 0.342 e. The van der Waals surface area contributed by atoms with Gasteiger partial charge in [0.15, 0.2) is 0 Å². The highest BCUT2D eigenvalue weighted by molar-refractivity contribution is 6.68. The second-order valence-electron chi connectivity index (χ2n) is 3.71. The van der Waals surface area contributed by atoms with Crippen molar-refractivity contribution in [2.75, 3.05) is 4.90 Å². The van der Waals surface area contributed by atoms with Crippen molar-refractivity contribution in [3.8, 4) is 0 Å². The van der Waals surface area contributed by atoms with E-state index in [0.29, 0.717) is 5.69 Å². The number of cyclic esters (lactones) is 1. The molecule has 0 aromatic heterocycles. The van der Waals surface area contributed by atoms with Gasteiger partial charge in [-0.1, -0.05) is 46.9 Å². The van der Waals surface area contributed by atoms with Crippen LogP contribution in [-0.4, -0.2) is 21.9 Å². The molecule has 1 amide bonds. The lowest BCUT2D eigenvalue weighted by Gasteiger charge is -2.38. The first kappa shape index (κ1) is 13.5. The fourth-order valence-corrected chi connectivity index (χ4v) is 2.17. The summed E-state index contributed by atoms with van der Waals surface area (Å²) >= 11 is 17.2. The van der Waals surface area contributed by atoms with Gasteiger partial charge in [-0.2, -0.15) is 0 Å². The van der Waals surface area contributed by atoms with Crippen molar-refractivity contribution in [3.63, 3.8) is 0 Å². The molecule has 4 nitrogen and oxygen atoms in total. The number of anilines is 1. The van der Waals surface area contributed by atoms with Gasteiger partial charge in [0.05, 0.1) is 11.3 Å². The number of para-hydroxylation sites is 1. The number of rotatable bonds is 0. The molecular weight excluding hydrogens is 300 g/mol. The Morgan fingerprint density at radius 1 is 1.33 bits per heavy atom. The highest BCUT2D eigenvalue weighted by atomic mass is 35.6. The number of carbonyl (C=O) groups excluding carboxylic acids is 2. The standard InChI is InChI=1S/C11H8Cl3NO3/c1-6(16)15-8-5-3-2-4-7(8)9(17)18-10(15)11(12,13)14/h2-5,10H,1H3/t10-/m1/s1. The van der Waals surface area contributed by atoms with Gasteiger partial charge in [-0.05, 0) is 12.1 Å². The first-order valence-corrected chi connectivity index (χ1v) is 6.12. The fourth-order valence-electron chi connectivity index (χ4n) is 1.75. The largest absolute Gasteiger partial charge is 0.433 e. The third kappa shape index (κ3) is 2.28. The van der Waals surface area contributed by atoms with Crippen molar-refractivity contribution in [2.45, 2.75) is 16.9 Å². The molecule has 1 aromatic carbocycles. The Labute approximate surface area is 118 Å². The molecule has 1 aliphatic heterocycles. The number of nitrogens with zero attached hydrogens (tertiary/aromatic N) is 1. The molecule has 18 heavy (non-hydrogen) atoms. The summed E-state index contributed by atoms with van der Waals surface area (Å²) in [7, 11) is 0. The van der Waals surface area contributed by atoms with Gasteiger partial charge in [0.2, 0.25) is 15.9 Å². The van der Waals surface area contributed by atoms with E-state index in [4.69, 9.17) is 39.5 Å². The number of ether oxygens (including phenoxy) is 1. The van der Waals surface area contributed by atoms with E-state index in [2.05, 4.69) is 0 Å². The van der Waals surface area contributed by atoms with Crippen molar-refractivity contribution in [1.29, 1.82) is 0 Å². The first-order chi connectivity index (χ1) is 8.32. The van der Waals surface area contributed by atoms with Gasteiger partial charge in [0, 0.05) is 6.92 Å². The molecule has 0 fully saturated rings. The zero-order chi connectivity index (χ0) is 13.5. The molecule has 2 rings (SSSR count). The molecule has 7 heteroatoms. The first-order valence-electron chi connectivity index (χ1n) is 4.99. The Balaban J connectivity index is 2.58. The number of benzene rings is 1. The third-order valence-corrected chi connectivity index (χ3v) is 3.02. The number of alkyl halides is 3. The molecule has 0 N–H and O–H groups in total. The van der Waals surface area contributed by atoms with E-state index in [1.54, 1.807) is 24.3 Å². The summed E-state index contributed by atoms with van der Waals surface area (Å²) in [6, 6.07) is 6.49. The lowest BCUT2D eigenvalue weighted by Crippen LogP contribution is -2.52. The minimum Gasteiger partial charge on any atom is -0.433 e. The highest BCUT2D eigenvalue weighted by Crippen LogP contribution is 2.40. The molecule has 1 aromatic rings. The Hall–Kier alpha value is -0.970. The monoisotopic (exact) mass is 307 g/mol. The molecule has 0 aliphatic carbocycles. The van der Waals surface area contributed by atoms with Crippen molar-refractivity contribution in [3.05, 3.63) is 29.8 Å². The van der Waals surface area contributed by atoms with Gasteiger partial charge in [0.25, 0.3) is 0 Å². The molecule has 0 bridgehead atoms. The average Bonchev–Trinajstić information content (AvgIpc) is 2.27. The van der Waals surface area contributed by atoms with Gasteiger partial charge in [-0.15, -0.1) is 0 Å². The van der Waals surface area contributed by atoms with E-state index in [0.717, 1.165) is 4.90 Å². The van der Waals surface area contributed by atoms with E-state index < -0.39 is 16.0 Å². The van der Waals surface area contributed by atoms with E-state index in [9.17, 15) is 9.59 Å². The van der Waals surface area contributed by atoms with Crippen LogP contribution in [-0.2, 0) is 9.53 Å². The molecule has 0 unspecified atom stereocenters. The van der Waals surface area contributed by atoms with Crippen molar-refractivity contribution in [1.82, 2.24) is 0 Å². The average molecular weight is 309 g/mol. The number of halogens is 3. The van der Waals surface area contributed by atoms with E-state index in [-0.39, 0.29) is 11.5 Å². The fraction of sp³-hybridized carbons (Fsp3) is 0.273. The number of carbonyl (C=O) groups is 2. The van der Waals surface area contributed by atoms with Gasteiger partial charge in [-0.3, -0.25) is 9.69 Å². The molecule has 0 spiro atoms. The predicted octanol–water partition coefficient (Wildman–Crippen LogP) is 2.91. The zero-order valence-corrected chi connectivity index (χ0v) is 11.5. The lowest BCUT2D eigenvalue weighted by molar-refractivity contribution is -0.118. The second kappa shape index (κ2) is 4.61.